The lowest BCUT2D eigenvalue weighted by molar-refractivity contribution is 0.100. The van der Waals surface area contributed by atoms with Crippen LogP contribution in [0.5, 0.6) is 11.5 Å². The molecule has 0 saturated heterocycles. The second-order valence-corrected chi connectivity index (χ2v) is 5.74. The highest BCUT2D eigenvalue weighted by Gasteiger charge is 2.36. The van der Waals surface area contributed by atoms with E-state index in [9.17, 15) is 0 Å². The molecule has 110 valence electrons. The van der Waals surface area contributed by atoms with Crippen molar-refractivity contribution in [3.05, 3.63) is 42.2 Å². The number of fused-ring (bicyclic) bond motifs is 4. The fourth-order valence-electron chi connectivity index (χ4n) is 2.74. The Morgan fingerprint density at radius 2 is 2.00 bits per heavy atom. The second kappa shape index (κ2) is 4.40. The molecule has 5 heteroatoms. The smallest absolute Gasteiger partial charge is 0.178 e. The van der Waals surface area contributed by atoms with E-state index in [1.807, 2.05) is 44.2 Å². The number of methoxy groups -OCH3 is 1. The van der Waals surface area contributed by atoms with Gasteiger partial charge in [0.25, 0.3) is 0 Å². The van der Waals surface area contributed by atoms with Gasteiger partial charge in [-0.25, -0.2) is 15.0 Å². The Morgan fingerprint density at radius 3 is 2.82 bits per heavy atom. The van der Waals surface area contributed by atoms with Crippen LogP contribution in [0.15, 0.2) is 36.5 Å². The third-order valence-corrected chi connectivity index (χ3v) is 3.82. The van der Waals surface area contributed by atoms with E-state index in [1.54, 1.807) is 13.3 Å². The summed E-state index contributed by atoms with van der Waals surface area (Å²) in [6, 6.07) is 9.50. The summed E-state index contributed by atoms with van der Waals surface area (Å²) in [6.45, 7) is 3.98. The van der Waals surface area contributed by atoms with Gasteiger partial charge >= 0.3 is 0 Å². The first-order valence-electron chi connectivity index (χ1n) is 7.09. The number of nitrogens with zero attached hydrogens (tertiary/aromatic N) is 3. The van der Waals surface area contributed by atoms with Crippen LogP contribution < -0.4 is 9.47 Å². The molecule has 2 aromatic heterocycles. The van der Waals surface area contributed by atoms with E-state index in [0.29, 0.717) is 5.65 Å². The maximum Gasteiger partial charge on any atom is 0.178 e. The van der Waals surface area contributed by atoms with Gasteiger partial charge in [-0.2, -0.15) is 0 Å². The van der Waals surface area contributed by atoms with Gasteiger partial charge in [-0.15, -0.1) is 0 Å². The van der Waals surface area contributed by atoms with Crippen LogP contribution in [0.3, 0.4) is 0 Å². The Balaban J connectivity index is 2.06. The van der Waals surface area contributed by atoms with Crippen LogP contribution in [0.25, 0.3) is 22.4 Å². The third kappa shape index (κ3) is 1.82. The summed E-state index contributed by atoms with van der Waals surface area (Å²) >= 11 is 0. The lowest BCUT2D eigenvalue weighted by Gasteiger charge is -2.33. The molecule has 3 heterocycles. The van der Waals surface area contributed by atoms with Crippen molar-refractivity contribution in [1.82, 2.24) is 15.0 Å². The van der Waals surface area contributed by atoms with Gasteiger partial charge < -0.3 is 9.47 Å². The number of rotatable bonds is 1. The Labute approximate surface area is 128 Å². The minimum Gasteiger partial charge on any atom is -0.497 e. The summed E-state index contributed by atoms with van der Waals surface area (Å²) in [6.07, 6.45) is 1.72. The molecule has 1 aromatic carbocycles. The average Bonchev–Trinajstić information content (AvgIpc) is 2.53. The molecule has 0 aliphatic carbocycles. The Morgan fingerprint density at radius 1 is 1.14 bits per heavy atom. The van der Waals surface area contributed by atoms with Gasteiger partial charge in [0, 0.05) is 11.8 Å². The Kier molecular flexibility index (Phi) is 2.60. The Hall–Kier alpha value is -2.69. The van der Waals surface area contributed by atoms with E-state index in [1.165, 1.54) is 0 Å². The van der Waals surface area contributed by atoms with Crippen molar-refractivity contribution in [2.75, 3.05) is 7.11 Å². The van der Waals surface area contributed by atoms with E-state index in [-0.39, 0.29) is 0 Å². The monoisotopic (exact) mass is 293 g/mol. The highest BCUT2D eigenvalue weighted by atomic mass is 16.5. The zero-order valence-corrected chi connectivity index (χ0v) is 12.6. The standard InChI is InChI=1S/C17H15N3O2/c1-17(2)15-14(19-12-5-4-8-18-16(12)20-15)11-9-10(21-3)6-7-13(11)22-17/h4-9H,1-3H3. The molecule has 0 unspecified atom stereocenters. The second-order valence-electron chi connectivity index (χ2n) is 5.74. The Bertz CT molecular complexity index is 890. The summed E-state index contributed by atoms with van der Waals surface area (Å²) in [4.78, 5) is 13.7. The molecule has 0 saturated carbocycles. The van der Waals surface area contributed by atoms with Crippen LogP contribution in [0.4, 0.5) is 0 Å². The average molecular weight is 293 g/mol. The quantitative estimate of drug-likeness (QED) is 0.689. The van der Waals surface area contributed by atoms with Gasteiger partial charge in [-0.05, 0) is 44.2 Å². The molecular weight excluding hydrogens is 278 g/mol. The zero-order chi connectivity index (χ0) is 15.3. The van der Waals surface area contributed by atoms with Crippen molar-refractivity contribution < 1.29 is 9.47 Å². The molecule has 4 rings (SSSR count). The van der Waals surface area contributed by atoms with Crippen molar-refractivity contribution >= 4 is 11.2 Å². The normalized spacial score (nSPS) is 14.9. The molecule has 0 bridgehead atoms. The van der Waals surface area contributed by atoms with Crippen molar-refractivity contribution in [1.29, 1.82) is 0 Å². The number of hydrogen-bond donors (Lipinski definition) is 0. The van der Waals surface area contributed by atoms with E-state index in [4.69, 9.17) is 14.5 Å². The lowest BCUT2D eigenvalue weighted by atomic mass is 9.94. The number of benzene rings is 1. The minimum absolute atomic E-state index is 0.560. The minimum atomic E-state index is -0.560. The van der Waals surface area contributed by atoms with Crippen LogP contribution >= 0.6 is 0 Å². The molecule has 22 heavy (non-hydrogen) atoms. The summed E-state index contributed by atoms with van der Waals surface area (Å²) < 4.78 is 11.4. The maximum absolute atomic E-state index is 6.11. The SMILES string of the molecule is COc1ccc2c(c1)-c1nc3cccnc3nc1C(C)(C)O2. The molecule has 0 N–H and O–H groups in total. The summed E-state index contributed by atoms with van der Waals surface area (Å²) in [7, 11) is 1.65. The molecule has 0 amide bonds. The van der Waals surface area contributed by atoms with E-state index < -0.39 is 5.60 Å². The summed E-state index contributed by atoms with van der Waals surface area (Å²) in [5.41, 5.74) is 3.35. The number of pyridine rings is 1. The topological polar surface area (TPSA) is 57.1 Å². The van der Waals surface area contributed by atoms with Gasteiger partial charge in [-0.3, -0.25) is 0 Å². The molecule has 3 aromatic rings. The molecule has 0 fully saturated rings. The van der Waals surface area contributed by atoms with Crippen molar-refractivity contribution in [2.24, 2.45) is 0 Å². The van der Waals surface area contributed by atoms with Crippen LogP contribution in [0, 0.1) is 0 Å². The first kappa shape index (κ1) is 13.0. The molecule has 0 radical (unpaired) electrons. The fourth-order valence-corrected chi connectivity index (χ4v) is 2.74. The van der Waals surface area contributed by atoms with Crippen LogP contribution in [0.1, 0.15) is 19.5 Å². The largest absolute Gasteiger partial charge is 0.497 e. The number of ether oxygens (including phenoxy) is 2. The molecule has 1 aliphatic rings. The van der Waals surface area contributed by atoms with Crippen LogP contribution in [-0.2, 0) is 5.60 Å². The molecule has 1 aliphatic heterocycles. The van der Waals surface area contributed by atoms with Gasteiger partial charge in [0.05, 0.1) is 7.11 Å². The summed E-state index contributed by atoms with van der Waals surface area (Å²) in [5.74, 6) is 1.55. The molecule has 5 nitrogen and oxygen atoms in total. The van der Waals surface area contributed by atoms with Crippen LogP contribution in [0.2, 0.25) is 0 Å². The lowest BCUT2D eigenvalue weighted by Crippen LogP contribution is -2.31. The van der Waals surface area contributed by atoms with Crippen molar-refractivity contribution in [2.45, 2.75) is 19.4 Å². The van der Waals surface area contributed by atoms with Gasteiger partial charge in [0.15, 0.2) is 5.65 Å². The van der Waals surface area contributed by atoms with E-state index in [0.717, 1.165) is 34.0 Å². The molecule has 0 atom stereocenters. The first-order valence-corrected chi connectivity index (χ1v) is 7.09. The van der Waals surface area contributed by atoms with Crippen molar-refractivity contribution in [3.63, 3.8) is 0 Å². The molecule has 0 spiro atoms. The number of aromatic nitrogens is 3. The predicted octanol–water partition coefficient (Wildman–Crippen LogP) is 3.33. The number of hydrogen-bond acceptors (Lipinski definition) is 5. The third-order valence-electron chi connectivity index (χ3n) is 3.82. The van der Waals surface area contributed by atoms with Crippen LogP contribution in [-0.4, -0.2) is 22.1 Å². The fraction of sp³-hybridized carbons (Fsp3) is 0.235. The van der Waals surface area contributed by atoms with Crippen molar-refractivity contribution in [3.8, 4) is 22.8 Å². The summed E-state index contributed by atoms with van der Waals surface area (Å²) in [5, 5.41) is 0. The highest BCUT2D eigenvalue weighted by molar-refractivity contribution is 5.80. The van der Waals surface area contributed by atoms with E-state index in [2.05, 4.69) is 9.97 Å². The highest BCUT2D eigenvalue weighted by Crippen LogP contribution is 2.44. The van der Waals surface area contributed by atoms with Gasteiger partial charge in [-0.1, -0.05) is 0 Å². The predicted molar refractivity (Wildman–Crippen MR) is 83.0 cm³/mol. The van der Waals surface area contributed by atoms with Gasteiger partial charge in [0.1, 0.15) is 34.0 Å². The van der Waals surface area contributed by atoms with Gasteiger partial charge in [0.2, 0.25) is 0 Å². The zero-order valence-electron chi connectivity index (χ0n) is 12.6. The first-order chi connectivity index (χ1) is 10.6. The molecular formula is C17H15N3O2. The van der Waals surface area contributed by atoms with E-state index >= 15 is 0 Å². The maximum atomic E-state index is 6.11.